The number of nitrogens with zero attached hydrogens (tertiary/aromatic N) is 1. The SMILES string of the molecule is C[C@@H](NCC(O)c1c(F)cccc1F)c1ccccn1. The zero-order chi connectivity index (χ0) is 14.5. The highest BCUT2D eigenvalue weighted by Crippen LogP contribution is 2.20. The van der Waals surface area contributed by atoms with Gasteiger partial charge in [0.2, 0.25) is 0 Å². The molecular formula is C15H16F2N2O. The van der Waals surface area contributed by atoms with Crippen LogP contribution < -0.4 is 5.32 Å². The molecule has 0 radical (unpaired) electrons. The lowest BCUT2D eigenvalue weighted by Gasteiger charge is -2.17. The van der Waals surface area contributed by atoms with Gasteiger partial charge in [-0.15, -0.1) is 0 Å². The Bertz CT molecular complexity index is 543. The van der Waals surface area contributed by atoms with E-state index >= 15 is 0 Å². The fourth-order valence-electron chi connectivity index (χ4n) is 1.96. The van der Waals surface area contributed by atoms with Gasteiger partial charge in [0.1, 0.15) is 11.6 Å². The Morgan fingerprint density at radius 1 is 1.15 bits per heavy atom. The van der Waals surface area contributed by atoms with E-state index < -0.39 is 17.7 Å². The molecule has 1 unspecified atom stereocenters. The van der Waals surface area contributed by atoms with Crippen LogP contribution in [0.15, 0.2) is 42.6 Å². The van der Waals surface area contributed by atoms with Gasteiger partial charge in [0, 0.05) is 18.8 Å². The Kier molecular flexibility index (Phi) is 4.76. The first-order valence-corrected chi connectivity index (χ1v) is 6.36. The summed E-state index contributed by atoms with van der Waals surface area (Å²) in [6.07, 6.45) is 0.419. The molecule has 0 saturated carbocycles. The summed E-state index contributed by atoms with van der Waals surface area (Å²) in [6, 6.07) is 8.90. The molecule has 2 rings (SSSR count). The van der Waals surface area contributed by atoms with Crippen LogP contribution in [-0.4, -0.2) is 16.6 Å². The normalized spacial score (nSPS) is 14.0. The molecule has 0 amide bonds. The molecule has 0 aliphatic rings. The third kappa shape index (κ3) is 3.37. The van der Waals surface area contributed by atoms with Crippen molar-refractivity contribution >= 4 is 0 Å². The van der Waals surface area contributed by atoms with Gasteiger partial charge in [0.15, 0.2) is 0 Å². The summed E-state index contributed by atoms with van der Waals surface area (Å²) in [6.45, 7) is 1.91. The maximum atomic E-state index is 13.5. The quantitative estimate of drug-likeness (QED) is 0.884. The summed E-state index contributed by atoms with van der Waals surface area (Å²) in [4.78, 5) is 4.17. The molecule has 3 nitrogen and oxygen atoms in total. The van der Waals surface area contributed by atoms with Gasteiger partial charge >= 0.3 is 0 Å². The van der Waals surface area contributed by atoms with Crippen molar-refractivity contribution < 1.29 is 13.9 Å². The average Bonchev–Trinajstić information content (AvgIpc) is 2.45. The largest absolute Gasteiger partial charge is 0.387 e. The van der Waals surface area contributed by atoms with Crippen molar-refractivity contribution in [2.45, 2.75) is 19.1 Å². The Labute approximate surface area is 116 Å². The van der Waals surface area contributed by atoms with Gasteiger partial charge in [-0.05, 0) is 31.2 Å². The fraction of sp³-hybridized carbons (Fsp3) is 0.267. The number of aromatic nitrogens is 1. The lowest BCUT2D eigenvalue weighted by molar-refractivity contribution is 0.161. The number of benzene rings is 1. The Morgan fingerprint density at radius 2 is 1.85 bits per heavy atom. The lowest BCUT2D eigenvalue weighted by Crippen LogP contribution is -2.26. The summed E-state index contributed by atoms with van der Waals surface area (Å²) >= 11 is 0. The Morgan fingerprint density at radius 3 is 2.45 bits per heavy atom. The molecule has 0 saturated heterocycles. The minimum absolute atomic E-state index is 0.0373. The molecule has 0 bridgehead atoms. The van der Waals surface area contributed by atoms with Crippen LogP contribution in [0.4, 0.5) is 8.78 Å². The maximum Gasteiger partial charge on any atom is 0.131 e. The first-order valence-electron chi connectivity index (χ1n) is 6.36. The summed E-state index contributed by atoms with van der Waals surface area (Å²) in [7, 11) is 0. The van der Waals surface area contributed by atoms with Crippen LogP contribution in [0, 0.1) is 11.6 Å². The predicted molar refractivity (Wildman–Crippen MR) is 72.0 cm³/mol. The van der Waals surface area contributed by atoms with Crippen LogP contribution in [0.2, 0.25) is 0 Å². The van der Waals surface area contributed by atoms with Gasteiger partial charge in [0.25, 0.3) is 0 Å². The molecule has 0 aliphatic carbocycles. The molecule has 0 spiro atoms. The van der Waals surface area contributed by atoms with Gasteiger partial charge in [-0.25, -0.2) is 8.78 Å². The molecule has 106 valence electrons. The molecule has 1 aromatic heterocycles. The number of hydrogen-bond acceptors (Lipinski definition) is 3. The van der Waals surface area contributed by atoms with E-state index in [1.54, 1.807) is 12.3 Å². The van der Waals surface area contributed by atoms with E-state index in [1.807, 2.05) is 19.1 Å². The number of pyridine rings is 1. The van der Waals surface area contributed by atoms with Crippen molar-refractivity contribution in [1.82, 2.24) is 10.3 Å². The van der Waals surface area contributed by atoms with Crippen molar-refractivity contribution in [2.24, 2.45) is 0 Å². The highest BCUT2D eigenvalue weighted by molar-refractivity contribution is 5.22. The van der Waals surface area contributed by atoms with Gasteiger partial charge < -0.3 is 10.4 Å². The molecule has 2 N–H and O–H groups in total. The molecule has 0 fully saturated rings. The minimum Gasteiger partial charge on any atom is -0.387 e. The number of halogens is 2. The molecule has 1 aromatic carbocycles. The third-order valence-corrected chi connectivity index (χ3v) is 3.08. The highest BCUT2D eigenvalue weighted by Gasteiger charge is 2.18. The monoisotopic (exact) mass is 278 g/mol. The van der Waals surface area contributed by atoms with E-state index in [2.05, 4.69) is 10.3 Å². The zero-order valence-corrected chi connectivity index (χ0v) is 11.1. The maximum absolute atomic E-state index is 13.5. The first kappa shape index (κ1) is 14.6. The second kappa shape index (κ2) is 6.54. The van der Waals surface area contributed by atoms with Gasteiger partial charge in [-0.3, -0.25) is 4.98 Å². The van der Waals surface area contributed by atoms with E-state index in [-0.39, 0.29) is 18.2 Å². The van der Waals surface area contributed by atoms with Crippen LogP contribution in [0.1, 0.15) is 30.3 Å². The van der Waals surface area contributed by atoms with Crippen LogP contribution in [-0.2, 0) is 0 Å². The number of nitrogens with one attached hydrogen (secondary N) is 1. The molecule has 2 atom stereocenters. The van der Waals surface area contributed by atoms with Crippen molar-refractivity contribution in [2.75, 3.05) is 6.54 Å². The van der Waals surface area contributed by atoms with Crippen molar-refractivity contribution in [3.8, 4) is 0 Å². The van der Waals surface area contributed by atoms with Gasteiger partial charge in [-0.1, -0.05) is 12.1 Å². The van der Waals surface area contributed by atoms with Crippen molar-refractivity contribution in [1.29, 1.82) is 0 Å². The van der Waals surface area contributed by atoms with Crippen LogP contribution in [0.25, 0.3) is 0 Å². The Balaban J connectivity index is 2.00. The standard InChI is InChI=1S/C15H16F2N2O/c1-10(13-7-2-3-8-18-13)19-9-14(20)15-11(16)5-4-6-12(15)17/h2-8,10,14,19-20H,9H2,1H3/t10-,14?/m1/s1. The topological polar surface area (TPSA) is 45.1 Å². The van der Waals surface area contributed by atoms with Crippen LogP contribution >= 0.6 is 0 Å². The Hall–Kier alpha value is -1.85. The highest BCUT2D eigenvalue weighted by atomic mass is 19.1. The van der Waals surface area contributed by atoms with Gasteiger partial charge in [-0.2, -0.15) is 0 Å². The van der Waals surface area contributed by atoms with E-state index in [9.17, 15) is 13.9 Å². The summed E-state index contributed by atoms with van der Waals surface area (Å²) in [5.41, 5.74) is 0.488. The third-order valence-electron chi connectivity index (χ3n) is 3.08. The molecule has 0 aliphatic heterocycles. The summed E-state index contributed by atoms with van der Waals surface area (Å²) < 4.78 is 27.0. The second-order valence-corrected chi connectivity index (χ2v) is 4.54. The molecule has 5 heteroatoms. The average molecular weight is 278 g/mol. The van der Waals surface area contributed by atoms with E-state index in [4.69, 9.17) is 0 Å². The van der Waals surface area contributed by atoms with Crippen LogP contribution in [0.5, 0.6) is 0 Å². The van der Waals surface area contributed by atoms with Crippen molar-refractivity contribution in [3.63, 3.8) is 0 Å². The van der Waals surface area contributed by atoms with E-state index in [0.717, 1.165) is 17.8 Å². The number of rotatable bonds is 5. The first-order chi connectivity index (χ1) is 9.59. The molecule has 2 aromatic rings. The van der Waals surface area contributed by atoms with Crippen molar-refractivity contribution in [3.05, 3.63) is 65.5 Å². The van der Waals surface area contributed by atoms with E-state index in [1.165, 1.54) is 6.07 Å². The van der Waals surface area contributed by atoms with Gasteiger partial charge in [0.05, 0.1) is 17.4 Å². The number of aliphatic hydroxyl groups excluding tert-OH is 1. The number of hydrogen-bond donors (Lipinski definition) is 2. The fourth-order valence-corrected chi connectivity index (χ4v) is 1.96. The molecule has 1 heterocycles. The number of aliphatic hydroxyl groups is 1. The lowest BCUT2D eigenvalue weighted by atomic mass is 10.1. The minimum atomic E-state index is -1.25. The smallest absolute Gasteiger partial charge is 0.131 e. The summed E-state index contributed by atoms with van der Waals surface area (Å²) in [5, 5.41) is 12.9. The summed E-state index contributed by atoms with van der Waals surface area (Å²) in [5.74, 6) is -1.49. The zero-order valence-electron chi connectivity index (χ0n) is 11.1. The molecular weight excluding hydrogens is 262 g/mol. The van der Waals surface area contributed by atoms with E-state index in [0.29, 0.717) is 0 Å². The van der Waals surface area contributed by atoms with Crippen LogP contribution in [0.3, 0.4) is 0 Å². The molecule has 20 heavy (non-hydrogen) atoms. The second-order valence-electron chi connectivity index (χ2n) is 4.54. The predicted octanol–water partition coefficient (Wildman–Crippen LogP) is 2.74.